The van der Waals surface area contributed by atoms with Crippen LogP contribution in [-0.2, 0) is 9.59 Å². The second kappa shape index (κ2) is 10.1. The number of thiocarbonyl (C=S) groups is 1. The predicted octanol–water partition coefficient (Wildman–Crippen LogP) is 3.88. The largest absolute Gasteiger partial charge is 0.507 e. The fourth-order valence-corrected chi connectivity index (χ4v) is 4.00. The van der Waals surface area contributed by atoms with E-state index in [-0.39, 0.29) is 30.1 Å². The van der Waals surface area contributed by atoms with Crippen LogP contribution < -0.4 is 5.32 Å². The summed E-state index contributed by atoms with van der Waals surface area (Å²) in [4.78, 5) is 37.7. The molecule has 9 heteroatoms. The van der Waals surface area contributed by atoms with Crippen LogP contribution in [0.5, 0.6) is 5.75 Å². The van der Waals surface area contributed by atoms with Crippen molar-refractivity contribution in [2.45, 2.75) is 6.42 Å². The van der Waals surface area contributed by atoms with E-state index in [1.807, 2.05) is 36.4 Å². The van der Waals surface area contributed by atoms with Crippen molar-refractivity contribution in [2.75, 3.05) is 11.9 Å². The number of carbonyl (C=O) groups excluding carboxylic acids is 2. The summed E-state index contributed by atoms with van der Waals surface area (Å²) in [5.74, 6) is -2.38. The van der Waals surface area contributed by atoms with Gasteiger partial charge in [0.2, 0.25) is 5.91 Å². The molecule has 0 bridgehead atoms. The van der Waals surface area contributed by atoms with Gasteiger partial charge in [-0.25, -0.2) is 4.79 Å². The van der Waals surface area contributed by atoms with Crippen LogP contribution >= 0.6 is 24.0 Å². The SMILES string of the molecule is O=C(CCN1C(=O)/C(=C/C=C/c2ccccc2)SC1=S)Nc1ccc(O)c(C(=O)O)c1. The van der Waals surface area contributed by atoms with Crippen LogP contribution in [0.4, 0.5) is 5.69 Å². The first-order valence-corrected chi connectivity index (χ1v) is 10.4. The molecule has 7 nitrogen and oxygen atoms in total. The number of nitrogens with one attached hydrogen (secondary N) is 1. The van der Waals surface area contributed by atoms with Gasteiger partial charge in [-0.15, -0.1) is 0 Å². The van der Waals surface area contributed by atoms with E-state index in [0.717, 1.165) is 11.6 Å². The zero-order valence-corrected chi connectivity index (χ0v) is 17.8. The fraction of sp³-hybridized carbons (Fsp3) is 0.0909. The molecular formula is C22H18N2O5S2. The van der Waals surface area contributed by atoms with Gasteiger partial charge in [0.05, 0.1) is 4.91 Å². The number of phenols is 1. The van der Waals surface area contributed by atoms with E-state index < -0.39 is 17.6 Å². The quantitative estimate of drug-likeness (QED) is 0.331. The van der Waals surface area contributed by atoms with Gasteiger partial charge in [-0.2, -0.15) is 0 Å². The van der Waals surface area contributed by atoms with Crippen LogP contribution in [0.25, 0.3) is 6.08 Å². The molecule has 3 N–H and O–H groups in total. The standard InChI is InChI=1S/C22H18N2O5S2/c25-17-10-9-15(13-16(17)21(28)29)23-19(26)11-12-24-20(27)18(31-22(24)30)8-4-7-14-5-2-1-3-6-14/h1-10,13,25H,11-12H2,(H,23,26)(H,28,29)/b7-4+,18-8-. The van der Waals surface area contributed by atoms with Gasteiger partial charge in [-0.1, -0.05) is 66.5 Å². The van der Waals surface area contributed by atoms with Crippen LogP contribution in [0.3, 0.4) is 0 Å². The van der Waals surface area contributed by atoms with E-state index in [9.17, 15) is 19.5 Å². The number of carboxylic acids is 1. The Hall–Kier alpha value is -3.43. The molecule has 0 aromatic heterocycles. The lowest BCUT2D eigenvalue weighted by Gasteiger charge is -2.14. The molecule has 0 radical (unpaired) electrons. The topological polar surface area (TPSA) is 107 Å². The number of hydrogen-bond donors (Lipinski definition) is 3. The van der Waals surface area contributed by atoms with Crippen LogP contribution in [-0.4, -0.2) is 43.8 Å². The number of rotatable bonds is 7. The normalized spacial score (nSPS) is 15.1. The second-order valence-electron chi connectivity index (χ2n) is 6.46. The molecule has 3 rings (SSSR count). The van der Waals surface area contributed by atoms with Crippen molar-refractivity contribution in [1.29, 1.82) is 0 Å². The maximum absolute atomic E-state index is 12.6. The Bertz CT molecular complexity index is 1100. The smallest absolute Gasteiger partial charge is 0.339 e. The van der Waals surface area contributed by atoms with E-state index in [4.69, 9.17) is 17.3 Å². The highest BCUT2D eigenvalue weighted by Gasteiger charge is 2.31. The average molecular weight is 455 g/mol. The molecular weight excluding hydrogens is 436 g/mol. The summed E-state index contributed by atoms with van der Waals surface area (Å²) < 4.78 is 0.370. The van der Waals surface area contributed by atoms with Crippen molar-refractivity contribution in [3.63, 3.8) is 0 Å². The number of nitrogens with zero attached hydrogens (tertiary/aromatic N) is 1. The first-order valence-electron chi connectivity index (χ1n) is 9.18. The number of carbonyl (C=O) groups is 3. The molecule has 1 saturated heterocycles. The Morgan fingerprint density at radius 1 is 1.16 bits per heavy atom. The first-order chi connectivity index (χ1) is 14.8. The monoisotopic (exact) mass is 454 g/mol. The van der Waals surface area contributed by atoms with Gasteiger partial charge < -0.3 is 15.5 Å². The molecule has 2 aromatic rings. The van der Waals surface area contributed by atoms with Gasteiger partial charge in [0.25, 0.3) is 5.91 Å². The molecule has 31 heavy (non-hydrogen) atoms. The molecule has 2 amide bonds. The van der Waals surface area contributed by atoms with E-state index >= 15 is 0 Å². The summed E-state index contributed by atoms with van der Waals surface area (Å²) in [5, 5.41) is 21.1. The number of aromatic hydroxyl groups is 1. The number of thioether (sulfide) groups is 1. The summed E-state index contributed by atoms with van der Waals surface area (Å²) in [7, 11) is 0. The number of hydrogen-bond acceptors (Lipinski definition) is 6. The number of benzene rings is 2. The number of amides is 2. The van der Waals surface area contributed by atoms with Crippen LogP contribution in [0.2, 0.25) is 0 Å². The predicted molar refractivity (Wildman–Crippen MR) is 124 cm³/mol. The highest BCUT2D eigenvalue weighted by atomic mass is 32.2. The lowest BCUT2D eigenvalue weighted by Crippen LogP contribution is -2.31. The van der Waals surface area contributed by atoms with E-state index in [2.05, 4.69) is 5.32 Å². The minimum Gasteiger partial charge on any atom is -0.507 e. The highest BCUT2D eigenvalue weighted by Crippen LogP contribution is 2.31. The summed E-state index contributed by atoms with van der Waals surface area (Å²) in [6.07, 6.45) is 5.32. The lowest BCUT2D eigenvalue weighted by atomic mass is 10.1. The van der Waals surface area contributed by atoms with Gasteiger partial charge in [0.15, 0.2) is 0 Å². The minimum atomic E-state index is -1.31. The molecule has 0 saturated carbocycles. The molecule has 1 aliphatic heterocycles. The first kappa shape index (κ1) is 22.3. The van der Waals surface area contributed by atoms with Crippen LogP contribution in [0.1, 0.15) is 22.3 Å². The minimum absolute atomic E-state index is 0.0249. The van der Waals surface area contributed by atoms with Crippen molar-refractivity contribution < 1.29 is 24.6 Å². The zero-order chi connectivity index (χ0) is 22.4. The number of carboxylic acid groups (broad SMARTS) is 1. The van der Waals surface area contributed by atoms with Gasteiger partial charge in [-0.05, 0) is 29.8 Å². The Morgan fingerprint density at radius 3 is 2.61 bits per heavy atom. The molecule has 1 aliphatic rings. The fourth-order valence-electron chi connectivity index (χ4n) is 2.74. The third-order valence-electron chi connectivity index (χ3n) is 4.28. The summed E-state index contributed by atoms with van der Waals surface area (Å²) in [5.41, 5.74) is 0.922. The number of anilines is 1. The number of aromatic carboxylic acids is 1. The Kier molecular flexibility index (Phi) is 7.22. The van der Waals surface area contributed by atoms with Crippen LogP contribution in [0, 0.1) is 0 Å². The zero-order valence-electron chi connectivity index (χ0n) is 16.1. The van der Waals surface area contributed by atoms with Gasteiger partial charge in [0, 0.05) is 18.7 Å². The van der Waals surface area contributed by atoms with Crippen molar-refractivity contribution in [3.8, 4) is 5.75 Å². The van der Waals surface area contributed by atoms with Crippen LogP contribution in [0.15, 0.2) is 65.6 Å². The van der Waals surface area contributed by atoms with Crippen molar-refractivity contribution >= 4 is 57.8 Å². The third-order valence-corrected chi connectivity index (χ3v) is 5.68. The lowest BCUT2D eigenvalue weighted by molar-refractivity contribution is -0.122. The molecule has 0 atom stereocenters. The van der Waals surface area contributed by atoms with Gasteiger partial charge >= 0.3 is 5.97 Å². The summed E-state index contributed by atoms with van der Waals surface area (Å²) in [6, 6.07) is 13.4. The maximum atomic E-state index is 12.6. The molecule has 0 spiro atoms. The molecule has 1 heterocycles. The van der Waals surface area contributed by atoms with Crippen molar-refractivity contribution in [3.05, 3.63) is 76.7 Å². The third kappa shape index (κ3) is 5.80. The highest BCUT2D eigenvalue weighted by molar-refractivity contribution is 8.26. The molecule has 2 aromatic carbocycles. The van der Waals surface area contributed by atoms with Gasteiger partial charge in [-0.3, -0.25) is 14.5 Å². The summed E-state index contributed by atoms with van der Waals surface area (Å²) >= 11 is 6.43. The Morgan fingerprint density at radius 2 is 1.90 bits per heavy atom. The Labute approximate surface area is 188 Å². The van der Waals surface area contributed by atoms with Crippen molar-refractivity contribution in [1.82, 2.24) is 4.90 Å². The van der Waals surface area contributed by atoms with Crippen molar-refractivity contribution in [2.24, 2.45) is 0 Å². The molecule has 0 unspecified atom stereocenters. The van der Waals surface area contributed by atoms with E-state index in [1.165, 1.54) is 28.8 Å². The summed E-state index contributed by atoms with van der Waals surface area (Å²) in [6.45, 7) is 0.0973. The van der Waals surface area contributed by atoms with E-state index in [0.29, 0.717) is 9.23 Å². The molecule has 158 valence electrons. The average Bonchev–Trinajstić information content (AvgIpc) is 3.01. The number of allylic oxidation sites excluding steroid dienone is 2. The van der Waals surface area contributed by atoms with Gasteiger partial charge in [0.1, 0.15) is 15.6 Å². The molecule has 1 fully saturated rings. The Balaban J connectivity index is 1.57. The van der Waals surface area contributed by atoms with E-state index in [1.54, 1.807) is 12.2 Å². The maximum Gasteiger partial charge on any atom is 0.339 e. The second-order valence-corrected chi connectivity index (χ2v) is 8.14. The molecule has 0 aliphatic carbocycles.